The lowest BCUT2D eigenvalue weighted by molar-refractivity contribution is -0.142. The Balaban J connectivity index is 1.65. The number of rotatable bonds is 3. The van der Waals surface area contributed by atoms with Crippen LogP contribution in [0.5, 0.6) is 0 Å². The van der Waals surface area contributed by atoms with Gasteiger partial charge >= 0.3 is 12.0 Å². The highest BCUT2D eigenvalue weighted by atomic mass is 32.1. The van der Waals surface area contributed by atoms with Gasteiger partial charge in [-0.25, -0.2) is 9.78 Å². The first-order valence-corrected chi connectivity index (χ1v) is 7.71. The third kappa shape index (κ3) is 2.73. The second-order valence-electron chi connectivity index (χ2n) is 5.33. The number of nitrogens with one attached hydrogen (secondary N) is 1. The van der Waals surface area contributed by atoms with E-state index in [-0.39, 0.29) is 19.2 Å². The summed E-state index contributed by atoms with van der Waals surface area (Å²) in [5, 5.41) is 12.5. The quantitative estimate of drug-likeness (QED) is 0.875. The van der Waals surface area contributed by atoms with Gasteiger partial charge in [-0.2, -0.15) is 0 Å². The predicted octanol–water partition coefficient (Wildman–Crippen LogP) is 1.20. The average molecular weight is 311 g/mol. The molecule has 0 bridgehead atoms. The zero-order valence-electron chi connectivity index (χ0n) is 11.7. The number of anilines is 1. The molecular weight excluding hydrogens is 294 g/mol. The zero-order chi connectivity index (χ0) is 15.0. The number of urea groups is 1. The fraction of sp³-hybridized carbons (Fsp3) is 0.615. The van der Waals surface area contributed by atoms with Gasteiger partial charge in [0.25, 0.3) is 0 Å². The highest BCUT2D eigenvalue weighted by Crippen LogP contribution is 2.30. The van der Waals surface area contributed by atoms with Crippen molar-refractivity contribution in [1.29, 1.82) is 0 Å². The SMILES string of the molecule is CN(C(=O)Nc1nc2c(s1)CCC2)C1COCC1C(=O)O. The molecule has 1 saturated heterocycles. The van der Waals surface area contributed by atoms with Gasteiger partial charge in [-0.05, 0) is 19.3 Å². The molecule has 7 nitrogen and oxygen atoms in total. The number of carbonyl (C=O) groups is 2. The minimum Gasteiger partial charge on any atom is -0.481 e. The van der Waals surface area contributed by atoms with Crippen molar-refractivity contribution in [3.63, 3.8) is 0 Å². The van der Waals surface area contributed by atoms with Crippen molar-refractivity contribution in [3.05, 3.63) is 10.6 Å². The Morgan fingerprint density at radius 1 is 1.43 bits per heavy atom. The van der Waals surface area contributed by atoms with Crippen molar-refractivity contribution in [1.82, 2.24) is 9.88 Å². The van der Waals surface area contributed by atoms with Gasteiger partial charge < -0.3 is 14.7 Å². The number of likely N-dealkylation sites (N-methyl/N-ethyl adjacent to an activating group) is 1. The average Bonchev–Trinajstić information content (AvgIpc) is 3.11. The first-order chi connectivity index (χ1) is 10.1. The maximum Gasteiger partial charge on any atom is 0.323 e. The Kier molecular flexibility index (Phi) is 3.81. The standard InChI is InChI=1S/C13H17N3O4S/c1-16(9-6-20-5-7(9)11(17)18)13(19)15-12-14-8-3-2-4-10(8)21-12/h7,9H,2-6H2,1H3,(H,17,18)(H,14,15,19). The first-order valence-electron chi connectivity index (χ1n) is 6.89. The Hall–Kier alpha value is -1.67. The molecule has 2 amide bonds. The predicted molar refractivity (Wildman–Crippen MR) is 76.7 cm³/mol. The third-order valence-corrected chi connectivity index (χ3v) is 5.07. The number of hydrogen-bond donors (Lipinski definition) is 2. The van der Waals surface area contributed by atoms with Crippen LogP contribution in [0.3, 0.4) is 0 Å². The molecule has 2 N–H and O–H groups in total. The highest BCUT2D eigenvalue weighted by molar-refractivity contribution is 7.15. The molecule has 2 heterocycles. The van der Waals surface area contributed by atoms with E-state index in [4.69, 9.17) is 9.84 Å². The molecule has 1 aliphatic carbocycles. The van der Waals surface area contributed by atoms with Crippen LogP contribution in [0, 0.1) is 5.92 Å². The van der Waals surface area contributed by atoms with Gasteiger partial charge in [-0.3, -0.25) is 10.1 Å². The molecule has 0 aromatic carbocycles. The lowest BCUT2D eigenvalue weighted by Crippen LogP contribution is -2.45. The van der Waals surface area contributed by atoms with Crippen LogP contribution in [0.15, 0.2) is 0 Å². The van der Waals surface area contributed by atoms with E-state index in [1.54, 1.807) is 7.05 Å². The van der Waals surface area contributed by atoms with E-state index in [2.05, 4.69) is 10.3 Å². The summed E-state index contributed by atoms with van der Waals surface area (Å²) in [4.78, 5) is 30.4. The fourth-order valence-corrected chi connectivity index (χ4v) is 3.77. The Morgan fingerprint density at radius 3 is 2.95 bits per heavy atom. The lowest BCUT2D eigenvalue weighted by Gasteiger charge is -2.25. The number of fused-ring (bicyclic) bond motifs is 1. The van der Waals surface area contributed by atoms with Crippen LogP contribution in [-0.4, -0.2) is 53.3 Å². The monoisotopic (exact) mass is 311 g/mol. The summed E-state index contributed by atoms with van der Waals surface area (Å²) in [5.41, 5.74) is 1.07. The van der Waals surface area contributed by atoms with Crippen LogP contribution in [0.2, 0.25) is 0 Å². The number of aryl methyl sites for hydroxylation is 2. The van der Waals surface area contributed by atoms with E-state index >= 15 is 0 Å². The molecule has 3 rings (SSSR count). The van der Waals surface area contributed by atoms with Crippen molar-refractivity contribution < 1.29 is 19.4 Å². The number of nitrogens with zero attached hydrogens (tertiary/aromatic N) is 2. The molecule has 21 heavy (non-hydrogen) atoms. The molecule has 1 aliphatic heterocycles. The van der Waals surface area contributed by atoms with E-state index in [0.717, 1.165) is 25.0 Å². The van der Waals surface area contributed by atoms with Gasteiger partial charge in [0, 0.05) is 11.9 Å². The van der Waals surface area contributed by atoms with Crippen molar-refractivity contribution in [3.8, 4) is 0 Å². The maximum absolute atomic E-state index is 12.2. The van der Waals surface area contributed by atoms with Crippen LogP contribution in [0.1, 0.15) is 17.0 Å². The van der Waals surface area contributed by atoms with E-state index in [0.29, 0.717) is 5.13 Å². The zero-order valence-corrected chi connectivity index (χ0v) is 12.5. The first kappa shape index (κ1) is 14.3. The molecule has 0 saturated carbocycles. The molecule has 8 heteroatoms. The fourth-order valence-electron chi connectivity index (χ4n) is 2.73. The van der Waals surface area contributed by atoms with E-state index < -0.39 is 17.9 Å². The van der Waals surface area contributed by atoms with E-state index in [1.807, 2.05) is 0 Å². The summed E-state index contributed by atoms with van der Waals surface area (Å²) in [6.07, 6.45) is 3.12. The lowest BCUT2D eigenvalue weighted by atomic mass is 10.0. The molecule has 114 valence electrons. The molecule has 1 aromatic heterocycles. The largest absolute Gasteiger partial charge is 0.481 e. The maximum atomic E-state index is 12.2. The number of carbonyl (C=O) groups excluding carboxylic acids is 1. The minimum atomic E-state index is -0.939. The van der Waals surface area contributed by atoms with Gasteiger partial charge in [0.05, 0.1) is 24.9 Å². The number of hydrogen-bond acceptors (Lipinski definition) is 5. The molecule has 2 atom stereocenters. The number of carboxylic acid groups (broad SMARTS) is 1. The van der Waals surface area contributed by atoms with Crippen molar-refractivity contribution >= 4 is 28.5 Å². The summed E-state index contributed by atoms with van der Waals surface area (Å²) in [7, 11) is 1.59. The summed E-state index contributed by atoms with van der Waals surface area (Å²) in [6.45, 7) is 0.387. The molecule has 2 aliphatic rings. The normalized spacial score (nSPS) is 23.9. The Bertz CT molecular complexity index is 552. The topological polar surface area (TPSA) is 91.8 Å². The molecule has 0 radical (unpaired) electrons. The summed E-state index contributed by atoms with van der Waals surface area (Å²) >= 11 is 1.50. The van der Waals surface area contributed by atoms with Crippen LogP contribution in [-0.2, 0) is 22.4 Å². The van der Waals surface area contributed by atoms with Crippen molar-refractivity contribution in [2.75, 3.05) is 25.6 Å². The summed E-state index contributed by atoms with van der Waals surface area (Å²) in [6, 6.07) is -0.793. The minimum absolute atomic E-state index is 0.142. The van der Waals surface area contributed by atoms with Crippen LogP contribution < -0.4 is 5.32 Å². The van der Waals surface area contributed by atoms with Gasteiger partial charge in [0.1, 0.15) is 5.92 Å². The molecule has 1 fully saturated rings. The van der Waals surface area contributed by atoms with E-state index in [9.17, 15) is 9.59 Å². The van der Waals surface area contributed by atoms with Gasteiger partial charge in [0.2, 0.25) is 0 Å². The van der Waals surface area contributed by atoms with Crippen molar-refractivity contribution in [2.24, 2.45) is 5.92 Å². The molecule has 2 unspecified atom stereocenters. The number of aliphatic carboxylic acids is 1. The van der Waals surface area contributed by atoms with Gasteiger partial charge in [-0.1, -0.05) is 0 Å². The highest BCUT2D eigenvalue weighted by Gasteiger charge is 2.38. The molecule has 1 aromatic rings. The Morgan fingerprint density at radius 2 is 2.24 bits per heavy atom. The number of aromatic nitrogens is 1. The molecule has 0 spiro atoms. The van der Waals surface area contributed by atoms with Gasteiger partial charge in [0.15, 0.2) is 5.13 Å². The number of amides is 2. The molecular formula is C13H17N3O4S. The van der Waals surface area contributed by atoms with Gasteiger partial charge in [-0.15, -0.1) is 11.3 Å². The number of ether oxygens (including phenoxy) is 1. The smallest absolute Gasteiger partial charge is 0.323 e. The second-order valence-corrected chi connectivity index (χ2v) is 6.42. The number of thiazole rings is 1. The van der Waals surface area contributed by atoms with Crippen LogP contribution >= 0.6 is 11.3 Å². The van der Waals surface area contributed by atoms with Crippen LogP contribution in [0.25, 0.3) is 0 Å². The van der Waals surface area contributed by atoms with Crippen LogP contribution in [0.4, 0.5) is 9.93 Å². The van der Waals surface area contributed by atoms with Crippen molar-refractivity contribution in [2.45, 2.75) is 25.3 Å². The summed E-state index contributed by atoms with van der Waals surface area (Å²) in [5.74, 6) is -1.62. The second kappa shape index (κ2) is 5.61. The number of carboxylic acids is 1. The third-order valence-electron chi connectivity index (χ3n) is 4.00. The summed E-state index contributed by atoms with van der Waals surface area (Å²) < 4.78 is 5.19. The van der Waals surface area contributed by atoms with E-state index in [1.165, 1.54) is 21.1 Å². The Labute approximate surface area is 125 Å².